The molecular formula is C35H36Cl6N4O9. The predicted octanol–water partition coefficient (Wildman–Crippen LogP) is 8.17. The van der Waals surface area contributed by atoms with Gasteiger partial charge in [-0.2, -0.15) is 0 Å². The number of hydrogen-bond donors (Lipinski definition) is 1. The molecule has 1 heterocycles. The Balaban J connectivity index is 1.62. The number of alkyl halides is 6. The molecule has 0 spiro atoms. The van der Waals surface area contributed by atoms with Gasteiger partial charge in [0.15, 0.2) is 12.3 Å². The zero-order chi connectivity index (χ0) is 39.0. The van der Waals surface area contributed by atoms with Crippen LogP contribution in [-0.2, 0) is 57.8 Å². The monoisotopic (exact) mass is 866 g/mol. The molecule has 13 nitrogen and oxygen atoms in total. The van der Waals surface area contributed by atoms with Crippen molar-refractivity contribution in [1.29, 1.82) is 0 Å². The molecule has 0 saturated carbocycles. The van der Waals surface area contributed by atoms with Crippen molar-refractivity contribution in [3.8, 4) is 0 Å². The van der Waals surface area contributed by atoms with Gasteiger partial charge in [-0.3, -0.25) is 0 Å². The van der Waals surface area contributed by atoms with Crippen LogP contribution >= 0.6 is 69.6 Å². The summed E-state index contributed by atoms with van der Waals surface area (Å²) in [5.74, 6) is -1.08. The molecular weight excluding hydrogens is 833 g/mol. The lowest BCUT2D eigenvalue weighted by Crippen LogP contribution is -2.61. The van der Waals surface area contributed by atoms with Crippen molar-refractivity contribution in [3.63, 3.8) is 0 Å². The van der Waals surface area contributed by atoms with E-state index >= 15 is 0 Å². The maximum atomic E-state index is 13.1. The third kappa shape index (κ3) is 15.8. The van der Waals surface area contributed by atoms with E-state index in [1.807, 2.05) is 91.0 Å². The summed E-state index contributed by atoms with van der Waals surface area (Å²) in [6.45, 7) is -1.47. The molecule has 0 bridgehead atoms. The summed E-state index contributed by atoms with van der Waals surface area (Å²) in [6, 6.07) is 25.5. The third-order valence-corrected chi connectivity index (χ3v) is 8.17. The van der Waals surface area contributed by atoms with E-state index in [0.29, 0.717) is 0 Å². The summed E-state index contributed by atoms with van der Waals surface area (Å²) >= 11 is 34.4. The van der Waals surface area contributed by atoms with Crippen LogP contribution in [0.1, 0.15) is 16.7 Å². The van der Waals surface area contributed by atoms with Crippen LogP contribution in [0.5, 0.6) is 0 Å². The van der Waals surface area contributed by atoms with Crippen LogP contribution in [0.25, 0.3) is 10.4 Å². The van der Waals surface area contributed by atoms with Crippen LogP contribution in [0.4, 0.5) is 4.79 Å². The van der Waals surface area contributed by atoms with Crippen LogP contribution in [0.3, 0.4) is 0 Å². The van der Waals surface area contributed by atoms with E-state index < -0.39 is 76.2 Å². The summed E-state index contributed by atoms with van der Waals surface area (Å²) in [6.07, 6.45) is -5.26. The summed E-state index contributed by atoms with van der Waals surface area (Å²) < 4.78 is 37.6. The van der Waals surface area contributed by atoms with Gasteiger partial charge in [-0.1, -0.05) is 166 Å². The average molecular weight is 869 g/mol. The lowest BCUT2D eigenvalue weighted by atomic mass is 9.96. The van der Waals surface area contributed by atoms with Gasteiger partial charge in [0, 0.05) is 4.91 Å². The van der Waals surface area contributed by atoms with Gasteiger partial charge in [0.2, 0.25) is 7.59 Å². The second-order valence-corrected chi connectivity index (χ2v) is 16.7. The molecule has 3 aromatic rings. The van der Waals surface area contributed by atoms with Crippen LogP contribution in [0.2, 0.25) is 0 Å². The molecule has 1 aliphatic rings. The van der Waals surface area contributed by atoms with E-state index in [9.17, 15) is 15.1 Å². The Kier molecular flexibility index (Phi) is 18.0. The molecule has 0 aromatic heterocycles. The first-order valence-corrected chi connectivity index (χ1v) is 18.6. The minimum atomic E-state index is -1.97. The zero-order valence-electron chi connectivity index (χ0n) is 28.4. The van der Waals surface area contributed by atoms with E-state index in [1.54, 1.807) is 0 Å². The number of amides is 1. The number of azide groups is 1. The first-order valence-electron chi connectivity index (χ1n) is 16.3. The highest BCUT2D eigenvalue weighted by Gasteiger charge is 2.48. The van der Waals surface area contributed by atoms with Crippen LogP contribution in [-0.4, -0.2) is 82.8 Å². The summed E-state index contributed by atoms with van der Waals surface area (Å²) in [7, 11) is 0. The van der Waals surface area contributed by atoms with Gasteiger partial charge in [0.25, 0.3) is 0 Å². The molecule has 0 radical (unpaired) electrons. The number of carbonyl (C=O) groups is 2. The number of nitrogens with one attached hydrogen (secondary N) is 1. The van der Waals surface area contributed by atoms with E-state index in [2.05, 4.69) is 15.3 Å². The Morgan fingerprint density at radius 1 is 0.741 bits per heavy atom. The fourth-order valence-corrected chi connectivity index (χ4v) is 5.41. The van der Waals surface area contributed by atoms with Gasteiger partial charge in [0.1, 0.15) is 37.6 Å². The Morgan fingerprint density at radius 3 is 1.76 bits per heavy atom. The molecule has 1 amide bonds. The number of esters is 1. The number of halogens is 6. The van der Waals surface area contributed by atoms with Gasteiger partial charge in [-0.15, -0.1) is 0 Å². The highest BCUT2D eigenvalue weighted by Crippen LogP contribution is 2.32. The SMILES string of the molecule is [N-]=[N+]=N[C@H]1[C@@H](OC[C@@H](NC(=O)OCC(Cl)(Cl)Cl)C(=O)OCC(Cl)(Cl)Cl)O[C@H](COCc2ccccc2)[C@H](OCc2ccccc2)[C@@H]1OCc1ccccc1. The number of carbonyl (C=O) groups excluding carboxylic acids is 2. The van der Waals surface area contributed by atoms with Crippen molar-refractivity contribution in [2.75, 3.05) is 26.4 Å². The lowest BCUT2D eigenvalue weighted by Gasteiger charge is -2.44. The molecule has 1 saturated heterocycles. The summed E-state index contributed by atoms with van der Waals surface area (Å²) in [4.78, 5) is 28.8. The molecule has 3 aromatic carbocycles. The fraction of sp³-hybridized carbons (Fsp3) is 0.429. The molecule has 0 aliphatic carbocycles. The molecule has 1 fully saturated rings. The number of hydrogen-bond acceptors (Lipinski definition) is 10. The maximum absolute atomic E-state index is 13.1. The van der Waals surface area contributed by atoms with Crippen LogP contribution < -0.4 is 5.32 Å². The fourth-order valence-electron chi connectivity index (χ4n) is 5.08. The van der Waals surface area contributed by atoms with E-state index in [-0.39, 0.29) is 26.4 Å². The minimum absolute atomic E-state index is 0.0152. The average Bonchev–Trinajstić information content (AvgIpc) is 3.14. The molecule has 0 unspecified atom stereocenters. The summed E-state index contributed by atoms with van der Waals surface area (Å²) in [5.41, 5.74) is 12.3. The maximum Gasteiger partial charge on any atom is 0.408 e. The van der Waals surface area contributed by atoms with Gasteiger partial charge < -0.3 is 38.5 Å². The smallest absolute Gasteiger partial charge is 0.408 e. The second-order valence-electron chi connectivity index (χ2n) is 11.7. The van der Waals surface area contributed by atoms with E-state index in [1.165, 1.54) is 0 Å². The predicted molar refractivity (Wildman–Crippen MR) is 203 cm³/mol. The number of benzene rings is 3. The second kappa shape index (κ2) is 22.1. The van der Waals surface area contributed by atoms with Crippen LogP contribution in [0.15, 0.2) is 96.1 Å². The van der Waals surface area contributed by atoms with E-state index in [0.717, 1.165) is 16.7 Å². The van der Waals surface area contributed by atoms with Crippen LogP contribution in [0, 0.1) is 0 Å². The highest BCUT2D eigenvalue weighted by atomic mass is 35.6. The molecule has 1 aliphatic heterocycles. The third-order valence-electron chi connectivity index (χ3n) is 7.51. The van der Waals surface area contributed by atoms with Crippen molar-refractivity contribution in [2.45, 2.75) is 64.1 Å². The van der Waals surface area contributed by atoms with Gasteiger partial charge >= 0.3 is 12.1 Å². The Hall–Kier alpha value is -2.75. The van der Waals surface area contributed by atoms with Gasteiger partial charge in [-0.05, 0) is 22.2 Å². The first-order chi connectivity index (χ1) is 25.8. The number of rotatable bonds is 18. The normalized spacial score (nSPS) is 20.7. The van der Waals surface area contributed by atoms with Crippen molar-refractivity contribution < 1.29 is 42.7 Å². The Morgan fingerprint density at radius 2 is 1.24 bits per heavy atom. The standard InChI is InChI=1S/C35H36Cl6N4O9/c36-34(37,38)21-52-31(46)26(43-33(47)53-22-35(39,40)41)19-51-32-28(44-45-42)30(50-18-25-14-8-3-9-15-25)29(49-17-24-12-6-2-7-13-24)27(54-32)20-48-16-23-10-4-1-5-11-23/h1-15,26-30,32H,16-22H2,(H,43,47)/t26-,27-,28-,29+,30-,32+/m1/s1. The van der Waals surface area contributed by atoms with Crippen molar-refractivity contribution in [1.82, 2.24) is 5.32 Å². The number of ether oxygens (including phenoxy) is 7. The zero-order valence-corrected chi connectivity index (χ0v) is 32.9. The highest BCUT2D eigenvalue weighted by molar-refractivity contribution is 6.68. The minimum Gasteiger partial charge on any atom is -0.460 e. The van der Waals surface area contributed by atoms with Gasteiger partial charge in [0.05, 0.1) is 33.0 Å². The Labute approximate surface area is 341 Å². The molecule has 1 N–H and O–H groups in total. The Bertz CT molecular complexity index is 1630. The lowest BCUT2D eigenvalue weighted by molar-refractivity contribution is -0.287. The molecule has 4 rings (SSSR count). The topological polar surface area (TPSA) is 160 Å². The summed E-state index contributed by atoms with van der Waals surface area (Å²) in [5, 5.41) is 6.27. The largest absolute Gasteiger partial charge is 0.460 e. The molecule has 19 heteroatoms. The quantitative estimate of drug-likeness (QED) is 0.0438. The van der Waals surface area contributed by atoms with Crippen molar-refractivity contribution in [3.05, 3.63) is 118 Å². The van der Waals surface area contributed by atoms with Crippen molar-refractivity contribution >= 4 is 81.7 Å². The van der Waals surface area contributed by atoms with E-state index in [4.69, 9.17) is 103 Å². The molecule has 54 heavy (non-hydrogen) atoms. The number of nitrogens with zero attached hydrogens (tertiary/aromatic N) is 3. The van der Waals surface area contributed by atoms with Crippen molar-refractivity contribution in [2.24, 2.45) is 5.11 Å². The van der Waals surface area contributed by atoms with Gasteiger partial charge in [-0.25, -0.2) is 9.59 Å². The number of alkyl carbamates (subject to hydrolysis) is 1. The molecule has 6 atom stereocenters. The molecule has 292 valence electrons. The first kappa shape index (κ1) is 44.0.